The van der Waals surface area contributed by atoms with Gasteiger partial charge in [-0.25, -0.2) is 9.49 Å². The lowest BCUT2D eigenvalue weighted by Gasteiger charge is -2.31. The normalized spacial score (nSPS) is 15.0. The van der Waals surface area contributed by atoms with E-state index in [0.717, 1.165) is 18.4 Å². The highest BCUT2D eigenvalue weighted by molar-refractivity contribution is 6.31. The van der Waals surface area contributed by atoms with Gasteiger partial charge in [0.1, 0.15) is 5.82 Å². The molecule has 1 N–H and O–H groups in total. The zero-order chi connectivity index (χ0) is 21.3. The summed E-state index contributed by atoms with van der Waals surface area (Å²) < 4.78 is 19.8. The molecule has 0 atom stereocenters. The molecule has 0 bridgehead atoms. The molecule has 1 aliphatic heterocycles. The minimum absolute atomic E-state index is 0.0418. The summed E-state index contributed by atoms with van der Waals surface area (Å²) in [6.45, 7) is 1.07. The van der Waals surface area contributed by atoms with Crippen molar-refractivity contribution in [2.75, 3.05) is 20.2 Å². The zero-order valence-corrected chi connectivity index (χ0v) is 17.2. The number of carbonyl (C=O) groups excluding carboxylic acids is 1. The smallest absolute Gasteiger partial charge is 0.272 e. The predicted molar refractivity (Wildman–Crippen MR) is 113 cm³/mol. The molecule has 0 saturated carbocycles. The number of aromatic nitrogens is 2. The maximum absolute atomic E-state index is 14.5. The second kappa shape index (κ2) is 8.53. The molecule has 6 nitrogen and oxygen atoms in total. The van der Waals surface area contributed by atoms with E-state index in [1.54, 1.807) is 42.3 Å². The van der Waals surface area contributed by atoms with Gasteiger partial charge in [-0.1, -0.05) is 23.7 Å². The van der Waals surface area contributed by atoms with E-state index in [4.69, 9.17) is 16.3 Å². The van der Waals surface area contributed by atoms with Gasteiger partial charge in [0.15, 0.2) is 0 Å². The Morgan fingerprint density at radius 1 is 1.23 bits per heavy atom. The average molecular weight is 430 g/mol. The number of amides is 1. The van der Waals surface area contributed by atoms with Crippen LogP contribution in [-0.2, 0) is 11.2 Å². The number of fused-ring (bicyclic) bond motifs is 1. The van der Waals surface area contributed by atoms with Crippen molar-refractivity contribution in [3.05, 3.63) is 74.4 Å². The average Bonchev–Trinajstić information content (AvgIpc) is 2.76. The van der Waals surface area contributed by atoms with Crippen molar-refractivity contribution in [2.45, 2.75) is 25.4 Å². The van der Waals surface area contributed by atoms with Crippen LogP contribution in [0, 0.1) is 5.82 Å². The third-order valence-electron chi connectivity index (χ3n) is 5.52. The first-order valence-electron chi connectivity index (χ1n) is 9.73. The fourth-order valence-corrected chi connectivity index (χ4v) is 4.01. The molecule has 4 rings (SSSR count). The summed E-state index contributed by atoms with van der Waals surface area (Å²) in [6.07, 6.45) is 1.94. The van der Waals surface area contributed by atoms with Gasteiger partial charge >= 0.3 is 0 Å². The predicted octanol–water partition coefficient (Wildman–Crippen LogP) is 3.56. The molecule has 1 fully saturated rings. The maximum atomic E-state index is 14.5. The number of hydrogen-bond donors (Lipinski definition) is 1. The maximum Gasteiger partial charge on any atom is 0.272 e. The van der Waals surface area contributed by atoms with E-state index in [-0.39, 0.29) is 23.1 Å². The Labute approximate surface area is 177 Å². The highest BCUT2D eigenvalue weighted by atomic mass is 35.5. The van der Waals surface area contributed by atoms with E-state index in [9.17, 15) is 14.0 Å². The third kappa shape index (κ3) is 4.08. The molecule has 30 heavy (non-hydrogen) atoms. The van der Waals surface area contributed by atoms with Crippen LogP contribution < -0.4 is 5.56 Å². The molecule has 1 saturated heterocycles. The molecule has 156 valence electrons. The van der Waals surface area contributed by atoms with Crippen molar-refractivity contribution < 1.29 is 13.9 Å². The Bertz CT molecular complexity index is 1160. The topological polar surface area (TPSA) is 75.3 Å². The molecule has 2 aromatic carbocycles. The second-order valence-electron chi connectivity index (χ2n) is 7.41. The number of benzene rings is 2. The number of H-pyrrole nitrogens is 1. The van der Waals surface area contributed by atoms with Gasteiger partial charge in [0.05, 0.1) is 22.7 Å². The Balaban J connectivity index is 1.61. The first-order valence-corrected chi connectivity index (χ1v) is 10.1. The Hall–Kier alpha value is -2.77. The number of nitrogens with one attached hydrogen (secondary N) is 1. The molecular weight excluding hydrogens is 409 g/mol. The number of nitrogens with zero attached hydrogens (tertiary/aromatic N) is 2. The highest BCUT2D eigenvalue weighted by Crippen LogP contribution is 2.23. The number of aromatic amines is 1. The second-order valence-corrected chi connectivity index (χ2v) is 7.84. The van der Waals surface area contributed by atoms with E-state index >= 15 is 0 Å². The minimum Gasteiger partial charge on any atom is -0.381 e. The fourth-order valence-electron chi connectivity index (χ4n) is 3.83. The molecule has 2 heterocycles. The SMILES string of the molecule is COC1CCN(C(=O)c2cc(Cc3n[nH]c(=O)c4cc(Cl)ccc34)ccc2F)CC1. The largest absolute Gasteiger partial charge is 0.381 e. The monoisotopic (exact) mass is 429 g/mol. The van der Waals surface area contributed by atoms with Crippen LogP contribution in [0.3, 0.4) is 0 Å². The van der Waals surface area contributed by atoms with E-state index in [1.807, 2.05) is 0 Å². The van der Waals surface area contributed by atoms with Gasteiger partial charge < -0.3 is 9.64 Å². The van der Waals surface area contributed by atoms with Crippen molar-refractivity contribution in [1.29, 1.82) is 0 Å². The van der Waals surface area contributed by atoms with Crippen molar-refractivity contribution in [3.8, 4) is 0 Å². The third-order valence-corrected chi connectivity index (χ3v) is 5.76. The number of carbonyl (C=O) groups is 1. The van der Waals surface area contributed by atoms with Gasteiger partial charge in [0.2, 0.25) is 0 Å². The van der Waals surface area contributed by atoms with Crippen LogP contribution >= 0.6 is 11.6 Å². The van der Waals surface area contributed by atoms with Crippen LogP contribution in [0.1, 0.15) is 34.5 Å². The number of likely N-dealkylation sites (tertiary alicyclic amines) is 1. The molecule has 1 aromatic heterocycles. The van der Waals surface area contributed by atoms with E-state index in [0.29, 0.717) is 41.0 Å². The van der Waals surface area contributed by atoms with Gasteiger partial charge in [-0.15, -0.1) is 0 Å². The zero-order valence-electron chi connectivity index (χ0n) is 16.5. The molecule has 1 amide bonds. The summed E-state index contributed by atoms with van der Waals surface area (Å²) in [5.74, 6) is -0.876. The number of hydrogen-bond acceptors (Lipinski definition) is 4. The summed E-state index contributed by atoms with van der Waals surface area (Å²) >= 11 is 6.00. The quantitative estimate of drug-likeness (QED) is 0.688. The lowest BCUT2D eigenvalue weighted by Crippen LogP contribution is -2.41. The van der Waals surface area contributed by atoms with Crippen LogP contribution in [0.5, 0.6) is 0 Å². The Kier molecular flexibility index (Phi) is 5.83. The van der Waals surface area contributed by atoms with Crippen molar-refractivity contribution in [2.24, 2.45) is 0 Å². The van der Waals surface area contributed by atoms with Crippen molar-refractivity contribution in [1.82, 2.24) is 15.1 Å². The first kappa shape index (κ1) is 20.5. The highest BCUT2D eigenvalue weighted by Gasteiger charge is 2.25. The molecule has 0 spiro atoms. The van der Waals surface area contributed by atoms with Gasteiger partial charge in [-0.3, -0.25) is 9.59 Å². The number of methoxy groups -OCH3 is 1. The summed E-state index contributed by atoms with van der Waals surface area (Å²) in [5.41, 5.74) is 1.06. The lowest BCUT2D eigenvalue weighted by atomic mass is 10.0. The number of piperidine rings is 1. The molecule has 3 aromatic rings. The van der Waals surface area contributed by atoms with Gasteiger partial charge in [0, 0.05) is 37.0 Å². The van der Waals surface area contributed by atoms with Crippen molar-refractivity contribution >= 4 is 28.3 Å². The molecule has 0 radical (unpaired) electrons. The van der Waals surface area contributed by atoms with Gasteiger partial charge in [0.25, 0.3) is 11.5 Å². The Morgan fingerprint density at radius 2 is 2.00 bits per heavy atom. The summed E-state index contributed by atoms with van der Waals surface area (Å²) in [6, 6.07) is 9.51. The Morgan fingerprint density at radius 3 is 2.73 bits per heavy atom. The molecule has 0 aliphatic carbocycles. The van der Waals surface area contributed by atoms with Gasteiger partial charge in [-0.2, -0.15) is 5.10 Å². The lowest BCUT2D eigenvalue weighted by molar-refractivity contribution is 0.0348. The van der Waals surface area contributed by atoms with Crippen LogP contribution in [0.15, 0.2) is 41.2 Å². The minimum atomic E-state index is -0.552. The number of ether oxygens (including phenoxy) is 1. The van der Waals surface area contributed by atoms with Crippen LogP contribution in [0.4, 0.5) is 4.39 Å². The van der Waals surface area contributed by atoms with E-state index in [2.05, 4.69) is 10.2 Å². The van der Waals surface area contributed by atoms with Crippen molar-refractivity contribution in [3.63, 3.8) is 0 Å². The standard InChI is InChI=1S/C22H21ClFN3O3/c1-30-15-6-8-27(9-7-15)22(29)18-10-13(2-5-19(18)24)11-20-16-4-3-14(23)12-17(16)21(28)26-25-20/h2-5,10,12,15H,6-9,11H2,1H3,(H,26,28). The number of halogens is 2. The molecule has 0 unspecified atom stereocenters. The van der Waals surface area contributed by atoms with Crippen LogP contribution in [0.25, 0.3) is 10.8 Å². The summed E-state index contributed by atoms with van der Waals surface area (Å²) in [5, 5.41) is 8.19. The molecular formula is C22H21ClFN3O3. The summed E-state index contributed by atoms with van der Waals surface area (Å²) in [7, 11) is 1.66. The number of rotatable bonds is 4. The van der Waals surface area contributed by atoms with E-state index in [1.165, 1.54) is 6.07 Å². The fraction of sp³-hybridized carbons (Fsp3) is 0.318. The molecule has 1 aliphatic rings. The van der Waals surface area contributed by atoms with Crippen LogP contribution in [0.2, 0.25) is 5.02 Å². The van der Waals surface area contributed by atoms with Crippen LogP contribution in [-0.4, -0.2) is 47.3 Å². The molecule has 8 heteroatoms. The van der Waals surface area contributed by atoms with Gasteiger partial charge in [-0.05, 0) is 42.7 Å². The first-order chi connectivity index (χ1) is 14.5. The summed E-state index contributed by atoms with van der Waals surface area (Å²) in [4.78, 5) is 26.6. The van der Waals surface area contributed by atoms with E-state index < -0.39 is 5.82 Å².